The van der Waals surface area contributed by atoms with E-state index in [4.69, 9.17) is 16.6 Å². The molecule has 8 nitrogen and oxygen atoms in total. The maximum atomic E-state index is 12.7. The first-order chi connectivity index (χ1) is 15.6. The van der Waals surface area contributed by atoms with Crippen molar-refractivity contribution in [3.05, 3.63) is 34.2 Å². The van der Waals surface area contributed by atoms with E-state index in [1.54, 1.807) is 0 Å². The first kappa shape index (κ1) is 24.1. The first-order valence-corrected chi connectivity index (χ1v) is 14.2. The van der Waals surface area contributed by atoms with Crippen LogP contribution in [0.4, 0.5) is 11.8 Å². The Morgan fingerprint density at radius 3 is 2.42 bits per heavy atom. The van der Waals surface area contributed by atoms with Gasteiger partial charge in [-0.2, -0.15) is 4.98 Å². The van der Waals surface area contributed by atoms with Crippen molar-refractivity contribution >= 4 is 61.8 Å². The normalized spacial score (nSPS) is 23.6. The van der Waals surface area contributed by atoms with Crippen LogP contribution in [0.2, 0.25) is 0 Å². The maximum absolute atomic E-state index is 12.7. The summed E-state index contributed by atoms with van der Waals surface area (Å²) in [7, 11) is 0.610. The van der Waals surface area contributed by atoms with Gasteiger partial charge in [-0.1, -0.05) is 23.7 Å². The fourth-order valence-corrected chi connectivity index (χ4v) is 7.83. The number of rotatable bonds is 6. The highest BCUT2D eigenvalue weighted by atomic mass is 35.5. The number of hydrogen-bond acceptors (Lipinski definition) is 8. The van der Waals surface area contributed by atoms with Crippen molar-refractivity contribution in [2.24, 2.45) is 0 Å². The van der Waals surface area contributed by atoms with Crippen LogP contribution in [0.15, 0.2) is 34.2 Å². The Morgan fingerprint density at radius 1 is 1.12 bits per heavy atom. The van der Waals surface area contributed by atoms with E-state index in [1.807, 2.05) is 43.3 Å². The highest BCUT2D eigenvalue weighted by Crippen LogP contribution is 2.38. The number of fused-ring (bicyclic) bond motifs is 1. The van der Waals surface area contributed by atoms with Crippen LogP contribution in [0.5, 0.6) is 0 Å². The fourth-order valence-electron chi connectivity index (χ4n) is 4.21. The average Bonchev–Trinajstić information content (AvgIpc) is 3.16. The van der Waals surface area contributed by atoms with E-state index >= 15 is 0 Å². The Bertz CT molecular complexity index is 1190. The minimum Gasteiger partial charge on any atom is -0.362 e. The van der Waals surface area contributed by atoms with Crippen LogP contribution in [0.1, 0.15) is 25.7 Å². The van der Waals surface area contributed by atoms with Gasteiger partial charge < -0.3 is 15.5 Å². The zero-order valence-electron chi connectivity index (χ0n) is 18.8. The summed E-state index contributed by atoms with van der Waals surface area (Å²) in [6.07, 6.45) is 4.50. The molecule has 0 radical (unpaired) electrons. The second-order valence-electron chi connectivity index (χ2n) is 8.75. The standard InChI is InChI=1S/C22H28ClN5O3S2/c1-28(2)20-15-6-4-5-7-16(15)26-22(27-20)25-14-10-8-13(9-11-14)24-21(29)19-18(23)17(12-32-19)33(3,30)31/h4-7,13-14,17H,8-12H2,1-3H3,(H,24,29)(H,25,26,27). The number of benzene rings is 1. The fraction of sp³-hybridized carbons (Fsp3) is 0.500. The number of thioether (sulfide) groups is 1. The van der Waals surface area contributed by atoms with Crippen molar-refractivity contribution in [2.45, 2.75) is 43.0 Å². The zero-order chi connectivity index (χ0) is 23.8. The number of hydrogen-bond donors (Lipinski definition) is 2. The molecule has 178 valence electrons. The van der Waals surface area contributed by atoms with E-state index in [0.29, 0.717) is 10.9 Å². The number of sulfone groups is 1. The van der Waals surface area contributed by atoms with E-state index in [9.17, 15) is 13.2 Å². The molecule has 0 bridgehead atoms. The lowest BCUT2D eigenvalue weighted by atomic mass is 9.91. The van der Waals surface area contributed by atoms with E-state index in [2.05, 4.69) is 15.6 Å². The predicted octanol–water partition coefficient (Wildman–Crippen LogP) is 3.15. The Hall–Kier alpha value is -2.04. The number of anilines is 2. The van der Waals surface area contributed by atoms with Crippen molar-refractivity contribution in [1.82, 2.24) is 15.3 Å². The SMILES string of the molecule is CN(C)c1nc(NC2CCC(NC(=O)C3=C(Cl)C(S(C)(=O)=O)CS3)CC2)nc2ccccc12. The third-order valence-electron chi connectivity index (χ3n) is 6.00. The molecule has 2 N–H and O–H groups in total. The number of nitrogens with one attached hydrogen (secondary N) is 2. The lowest BCUT2D eigenvalue weighted by Gasteiger charge is -2.30. The molecule has 11 heteroatoms. The summed E-state index contributed by atoms with van der Waals surface area (Å²) in [5.41, 5.74) is 0.895. The summed E-state index contributed by atoms with van der Waals surface area (Å²) in [6.45, 7) is 0. The van der Waals surface area contributed by atoms with Crippen molar-refractivity contribution in [2.75, 3.05) is 36.3 Å². The summed E-state index contributed by atoms with van der Waals surface area (Å²) >= 11 is 7.44. The van der Waals surface area contributed by atoms with Gasteiger partial charge in [0.1, 0.15) is 11.1 Å². The van der Waals surface area contributed by atoms with Gasteiger partial charge in [0, 0.05) is 43.6 Å². The molecule has 1 aliphatic carbocycles. The number of para-hydroxylation sites is 1. The molecule has 1 unspecified atom stereocenters. The van der Waals surface area contributed by atoms with Gasteiger partial charge in [-0.15, -0.1) is 11.8 Å². The minimum atomic E-state index is -3.32. The van der Waals surface area contributed by atoms with Gasteiger partial charge >= 0.3 is 0 Å². The molecule has 1 aromatic carbocycles. The minimum absolute atomic E-state index is 0.0280. The van der Waals surface area contributed by atoms with Gasteiger partial charge in [0.05, 0.1) is 15.5 Å². The molecule has 2 heterocycles. The first-order valence-electron chi connectivity index (χ1n) is 10.9. The molecular formula is C22H28ClN5O3S2. The van der Waals surface area contributed by atoms with E-state index in [0.717, 1.165) is 48.7 Å². The summed E-state index contributed by atoms with van der Waals surface area (Å²) in [5, 5.41) is 6.85. The van der Waals surface area contributed by atoms with Gasteiger partial charge in [-0.05, 0) is 37.8 Å². The molecule has 1 aliphatic heterocycles. The van der Waals surface area contributed by atoms with Crippen LogP contribution in [-0.4, -0.2) is 67.7 Å². The van der Waals surface area contributed by atoms with E-state index in [-0.39, 0.29) is 28.8 Å². The number of nitrogens with zero attached hydrogens (tertiary/aromatic N) is 3. The highest BCUT2D eigenvalue weighted by molar-refractivity contribution is 8.05. The maximum Gasteiger partial charge on any atom is 0.259 e. The number of halogens is 1. The summed E-state index contributed by atoms with van der Waals surface area (Å²) in [6, 6.07) is 8.19. The largest absolute Gasteiger partial charge is 0.362 e. The zero-order valence-corrected chi connectivity index (χ0v) is 21.2. The third kappa shape index (κ3) is 5.38. The van der Waals surface area contributed by atoms with Crippen LogP contribution in [0.3, 0.4) is 0 Å². The van der Waals surface area contributed by atoms with E-state index < -0.39 is 15.1 Å². The molecule has 1 fully saturated rings. The number of aromatic nitrogens is 2. The monoisotopic (exact) mass is 509 g/mol. The quantitative estimate of drug-likeness (QED) is 0.612. The van der Waals surface area contributed by atoms with Crippen molar-refractivity contribution < 1.29 is 13.2 Å². The Kier molecular flexibility index (Phi) is 7.07. The average molecular weight is 510 g/mol. The molecule has 0 spiro atoms. The Morgan fingerprint density at radius 2 is 1.79 bits per heavy atom. The van der Waals surface area contributed by atoms with Crippen LogP contribution in [-0.2, 0) is 14.6 Å². The molecule has 33 heavy (non-hydrogen) atoms. The third-order valence-corrected chi connectivity index (χ3v) is 9.54. The second-order valence-corrected chi connectivity index (χ2v) is 12.4. The van der Waals surface area contributed by atoms with Gasteiger partial charge in [0.2, 0.25) is 5.95 Å². The van der Waals surface area contributed by atoms with Crippen LogP contribution in [0.25, 0.3) is 10.9 Å². The van der Waals surface area contributed by atoms with Crippen molar-refractivity contribution in [3.8, 4) is 0 Å². The van der Waals surface area contributed by atoms with Crippen LogP contribution in [0, 0.1) is 0 Å². The molecule has 0 saturated heterocycles. The molecule has 1 atom stereocenters. The second kappa shape index (κ2) is 9.68. The van der Waals surface area contributed by atoms with Crippen molar-refractivity contribution in [1.29, 1.82) is 0 Å². The van der Waals surface area contributed by atoms with Gasteiger partial charge in [-0.25, -0.2) is 13.4 Å². The number of carbonyl (C=O) groups is 1. The molecule has 2 aromatic rings. The lowest BCUT2D eigenvalue weighted by Crippen LogP contribution is -2.40. The van der Waals surface area contributed by atoms with Gasteiger partial charge in [-0.3, -0.25) is 4.79 Å². The number of carbonyl (C=O) groups excluding carboxylic acids is 1. The lowest BCUT2D eigenvalue weighted by molar-refractivity contribution is -0.117. The summed E-state index contributed by atoms with van der Waals surface area (Å²) in [4.78, 5) is 24.4. The molecule has 1 amide bonds. The Balaban J connectivity index is 1.36. The molecular weight excluding hydrogens is 482 g/mol. The molecule has 2 aliphatic rings. The Labute approximate surface area is 203 Å². The molecule has 1 saturated carbocycles. The molecule has 4 rings (SSSR count). The highest BCUT2D eigenvalue weighted by Gasteiger charge is 2.36. The van der Waals surface area contributed by atoms with Gasteiger partial charge in [0.15, 0.2) is 9.84 Å². The van der Waals surface area contributed by atoms with Crippen LogP contribution >= 0.6 is 23.4 Å². The van der Waals surface area contributed by atoms with Gasteiger partial charge in [0.25, 0.3) is 5.91 Å². The predicted molar refractivity (Wildman–Crippen MR) is 136 cm³/mol. The molecule has 1 aromatic heterocycles. The van der Waals surface area contributed by atoms with E-state index in [1.165, 1.54) is 11.8 Å². The topological polar surface area (TPSA) is 104 Å². The van der Waals surface area contributed by atoms with Crippen molar-refractivity contribution in [3.63, 3.8) is 0 Å². The van der Waals surface area contributed by atoms with Crippen LogP contribution < -0.4 is 15.5 Å². The summed E-state index contributed by atoms with van der Waals surface area (Å²) < 4.78 is 23.7. The summed E-state index contributed by atoms with van der Waals surface area (Å²) in [5.74, 6) is 1.49. The smallest absolute Gasteiger partial charge is 0.259 e. The number of amides is 1.